The number of piperidine rings is 1. The number of thiazole rings is 1. The summed E-state index contributed by atoms with van der Waals surface area (Å²) in [5, 5.41) is 6.79. The lowest BCUT2D eigenvalue weighted by atomic mass is 10.2. The Hall–Kier alpha value is -2.75. The van der Waals surface area contributed by atoms with E-state index in [2.05, 4.69) is 15.5 Å². The summed E-state index contributed by atoms with van der Waals surface area (Å²) in [6.07, 6.45) is 4.65. The van der Waals surface area contributed by atoms with Crippen LogP contribution in [0.5, 0.6) is 5.75 Å². The van der Waals surface area contributed by atoms with Gasteiger partial charge in [0.1, 0.15) is 5.75 Å². The number of nitrogens with one attached hydrogen (secondary N) is 1. The van der Waals surface area contributed by atoms with Crippen molar-refractivity contribution in [1.29, 1.82) is 0 Å². The molecule has 3 aromatic rings. The fourth-order valence-electron chi connectivity index (χ4n) is 3.36. The molecular formula is C22H24N4O3S2. The Balaban J connectivity index is 1.41. The van der Waals surface area contributed by atoms with Crippen LogP contribution in [0.3, 0.4) is 0 Å². The second-order valence-corrected chi connectivity index (χ2v) is 9.97. The summed E-state index contributed by atoms with van der Waals surface area (Å²) >= 11 is 1.44. The second kappa shape index (κ2) is 9.59. The quantitative estimate of drug-likeness (QED) is 0.420. The van der Waals surface area contributed by atoms with Gasteiger partial charge in [-0.3, -0.25) is 5.43 Å². The molecule has 4 rings (SSSR count). The molecule has 0 amide bonds. The van der Waals surface area contributed by atoms with E-state index >= 15 is 0 Å². The molecule has 0 radical (unpaired) electrons. The molecule has 1 saturated heterocycles. The maximum Gasteiger partial charge on any atom is 0.243 e. The highest BCUT2D eigenvalue weighted by Gasteiger charge is 2.25. The van der Waals surface area contributed by atoms with Gasteiger partial charge < -0.3 is 4.74 Å². The molecule has 7 nitrogen and oxygen atoms in total. The minimum Gasteiger partial charge on any atom is -0.497 e. The van der Waals surface area contributed by atoms with Gasteiger partial charge in [-0.15, -0.1) is 11.3 Å². The summed E-state index contributed by atoms with van der Waals surface area (Å²) in [6, 6.07) is 14.5. The lowest BCUT2D eigenvalue weighted by Crippen LogP contribution is -2.35. The Kier molecular flexibility index (Phi) is 6.64. The molecule has 1 aliphatic heterocycles. The molecule has 0 unspecified atom stereocenters. The fourth-order valence-corrected chi connectivity index (χ4v) is 5.55. The molecule has 162 valence electrons. The van der Waals surface area contributed by atoms with Gasteiger partial charge in [-0.05, 0) is 54.8 Å². The molecule has 2 aromatic carbocycles. The summed E-state index contributed by atoms with van der Waals surface area (Å²) in [4.78, 5) is 4.86. The summed E-state index contributed by atoms with van der Waals surface area (Å²) in [6.45, 7) is 1.20. The van der Waals surface area contributed by atoms with Crippen molar-refractivity contribution in [2.75, 3.05) is 25.6 Å². The van der Waals surface area contributed by atoms with Gasteiger partial charge in [-0.25, -0.2) is 13.4 Å². The van der Waals surface area contributed by atoms with Crippen LogP contribution in [-0.2, 0) is 10.0 Å². The Morgan fingerprint density at radius 1 is 1.06 bits per heavy atom. The van der Waals surface area contributed by atoms with Crippen molar-refractivity contribution in [3.63, 3.8) is 0 Å². The number of rotatable bonds is 7. The number of sulfonamides is 1. The number of methoxy groups -OCH3 is 1. The predicted octanol–water partition coefficient (Wildman–Crippen LogP) is 4.44. The highest BCUT2D eigenvalue weighted by atomic mass is 32.2. The molecule has 1 fully saturated rings. The third-order valence-electron chi connectivity index (χ3n) is 5.10. The molecule has 2 heterocycles. The van der Waals surface area contributed by atoms with Crippen LogP contribution < -0.4 is 10.2 Å². The number of aromatic nitrogens is 1. The SMILES string of the molecule is COc1ccc(C=NNc2nc(-c3ccc(S(=O)(=O)N4CCCCC4)cc3)cs2)cc1. The van der Waals surface area contributed by atoms with Gasteiger partial charge in [0.25, 0.3) is 0 Å². The van der Waals surface area contributed by atoms with Crippen molar-refractivity contribution in [3.8, 4) is 17.0 Å². The second-order valence-electron chi connectivity index (χ2n) is 7.17. The standard InChI is InChI=1S/C22H24N4O3S2/c1-29-19-9-5-17(6-10-19)15-23-25-22-24-21(16-30-22)18-7-11-20(12-8-18)31(27,28)26-13-3-2-4-14-26/h5-12,15-16H,2-4,13-14H2,1H3,(H,24,25). The van der Waals surface area contributed by atoms with E-state index in [4.69, 9.17) is 4.74 Å². The summed E-state index contributed by atoms with van der Waals surface area (Å²) in [5.41, 5.74) is 5.51. The normalized spacial score (nSPS) is 15.3. The molecule has 0 bridgehead atoms. The van der Waals surface area contributed by atoms with Crippen molar-refractivity contribution in [2.24, 2.45) is 5.10 Å². The van der Waals surface area contributed by atoms with Gasteiger partial charge in [0.15, 0.2) is 0 Å². The smallest absolute Gasteiger partial charge is 0.243 e. The van der Waals surface area contributed by atoms with Gasteiger partial charge >= 0.3 is 0 Å². The van der Waals surface area contributed by atoms with Gasteiger partial charge in [-0.2, -0.15) is 9.41 Å². The van der Waals surface area contributed by atoms with Crippen LogP contribution >= 0.6 is 11.3 Å². The van der Waals surface area contributed by atoms with E-state index in [1.807, 2.05) is 29.6 Å². The molecule has 9 heteroatoms. The first-order chi connectivity index (χ1) is 15.1. The summed E-state index contributed by atoms with van der Waals surface area (Å²) in [5.74, 6) is 0.796. The number of benzene rings is 2. The van der Waals surface area contributed by atoms with Crippen LogP contribution in [-0.4, -0.2) is 44.1 Å². The molecule has 1 aliphatic rings. The van der Waals surface area contributed by atoms with Crippen molar-refractivity contribution in [2.45, 2.75) is 24.2 Å². The number of nitrogens with zero attached hydrogens (tertiary/aromatic N) is 3. The van der Waals surface area contributed by atoms with Crippen LogP contribution in [0.25, 0.3) is 11.3 Å². The first-order valence-corrected chi connectivity index (χ1v) is 12.4. The van der Waals surface area contributed by atoms with Crippen LogP contribution in [0.4, 0.5) is 5.13 Å². The lowest BCUT2D eigenvalue weighted by Gasteiger charge is -2.25. The first kappa shape index (κ1) is 21.5. The van der Waals surface area contributed by atoms with Crippen molar-refractivity contribution >= 4 is 32.7 Å². The van der Waals surface area contributed by atoms with E-state index in [-0.39, 0.29) is 0 Å². The average Bonchev–Trinajstić information content (AvgIpc) is 3.29. The molecule has 0 saturated carbocycles. The molecule has 31 heavy (non-hydrogen) atoms. The predicted molar refractivity (Wildman–Crippen MR) is 124 cm³/mol. The lowest BCUT2D eigenvalue weighted by molar-refractivity contribution is 0.346. The number of hydrogen-bond acceptors (Lipinski definition) is 7. The number of hydrogen-bond donors (Lipinski definition) is 1. The highest BCUT2D eigenvalue weighted by molar-refractivity contribution is 7.89. The minimum absolute atomic E-state index is 0.329. The van der Waals surface area contributed by atoms with Crippen LogP contribution in [0.1, 0.15) is 24.8 Å². The Labute approximate surface area is 186 Å². The van der Waals surface area contributed by atoms with E-state index in [0.717, 1.165) is 41.8 Å². The molecule has 0 aliphatic carbocycles. The van der Waals surface area contributed by atoms with Gasteiger partial charge in [0, 0.05) is 24.0 Å². The molecular weight excluding hydrogens is 432 g/mol. The van der Waals surface area contributed by atoms with Crippen molar-refractivity contribution in [1.82, 2.24) is 9.29 Å². The minimum atomic E-state index is -3.42. The summed E-state index contributed by atoms with van der Waals surface area (Å²) < 4.78 is 32.3. The van der Waals surface area contributed by atoms with Crippen LogP contribution in [0, 0.1) is 0 Å². The number of anilines is 1. The fraction of sp³-hybridized carbons (Fsp3) is 0.273. The van der Waals surface area contributed by atoms with Gasteiger partial charge in [0.2, 0.25) is 15.2 Å². The zero-order valence-corrected chi connectivity index (χ0v) is 18.8. The average molecular weight is 457 g/mol. The van der Waals surface area contributed by atoms with Crippen molar-refractivity contribution < 1.29 is 13.2 Å². The van der Waals surface area contributed by atoms with E-state index in [0.29, 0.717) is 23.1 Å². The van der Waals surface area contributed by atoms with E-state index in [1.54, 1.807) is 41.9 Å². The number of ether oxygens (including phenoxy) is 1. The monoisotopic (exact) mass is 456 g/mol. The Morgan fingerprint density at radius 2 is 1.77 bits per heavy atom. The highest BCUT2D eigenvalue weighted by Crippen LogP contribution is 2.27. The zero-order valence-electron chi connectivity index (χ0n) is 17.2. The first-order valence-electron chi connectivity index (χ1n) is 10.1. The van der Waals surface area contributed by atoms with Gasteiger partial charge in [0.05, 0.1) is 23.9 Å². The third-order valence-corrected chi connectivity index (χ3v) is 7.76. The maximum absolute atomic E-state index is 12.8. The topological polar surface area (TPSA) is 83.9 Å². The van der Waals surface area contributed by atoms with E-state index < -0.39 is 10.0 Å². The summed E-state index contributed by atoms with van der Waals surface area (Å²) in [7, 11) is -1.79. The zero-order chi connectivity index (χ0) is 21.7. The number of hydrazone groups is 1. The molecule has 1 N–H and O–H groups in total. The van der Waals surface area contributed by atoms with Gasteiger partial charge in [-0.1, -0.05) is 18.6 Å². The van der Waals surface area contributed by atoms with E-state index in [9.17, 15) is 8.42 Å². The van der Waals surface area contributed by atoms with Crippen LogP contribution in [0.2, 0.25) is 0 Å². The molecule has 1 aromatic heterocycles. The largest absolute Gasteiger partial charge is 0.497 e. The molecule has 0 atom stereocenters. The van der Waals surface area contributed by atoms with Crippen molar-refractivity contribution in [3.05, 3.63) is 59.5 Å². The Bertz CT molecular complexity index is 1130. The maximum atomic E-state index is 12.8. The molecule has 0 spiro atoms. The van der Waals surface area contributed by atoms with E-state index in [1.165, 1.54) is 11.3 Å². The Morgan fingerprint density at radius 3 is 2.45 bits per heavy atom. The third kappa shape index (κ3) is 5.12. The van der Waals surface area contributed by atoms with Crippen LogP contribution in [0.15, 0.2) is 63.9 Å².